The molecule has 3 heterocycles. The van der Waals surface area contributed by atoms with Gasteiger partial charge in [0, 0.05) is 13.1 Å². The van der Waals surface area contributed by atoms with Gasteiger partial charge < -0.3 is 24.4 Å². The molecular formula is C14H23N5O3. The Hall–Kier alpha value is -1.67. The van der Waals surface area contributed by atoms with Crippen LogP contribution in [0.5, 0.6) is 12.0 Å². The van der Waals surface area contributed by atoms with E-state index < -0.39 is 5.60 Å². The van der Waals surface area contributed by atoms with Crippen molar-refractivity contribution in [2.45, 2.75) is 24.9 Å². The highest BCUT2D eigenvalue weighted by Gasteiger charge is 2.39. The number of β-amino-alcohol motifs (C(OH)–C–C–N with tert-alkyl or cyclic N) is 1. The SMILES string of the molecule is COc1nc(OC)nc(N2CC[C@@](O)(CN3CCCC3)C2)n1. The zero-order valence-electron chi connectivity index (χ0n) is 13.2. The van der Waals surface area contributed by atoms with Crippen LogP contribution in [0.1, 0.15) is 19.3 Å². The normalized spacial score (nSPS) is 25.7. The Morgan fingerprint density at radius 1 is 1.05 bits per heavy atom. The van der Waals surface area contributed by atoms with Crippen LogP contribution in [0.2, 0.25) is 0 Å². The minimum atomic E-state index is -0.711. The second-order valence-electron chi connectivity index (χ2n) is 5.99. The first kappa shape index (κ1) is 15.2. The van der Waals surface area contributed by atoms with E-state index in [2.05, 4.69) is 19.9 Å². The Morgan fingerprint density at radius 2 is 1.68 bits per heavy atom. The lowest BCUT2D eigenvalue weighted by Crippen LogP contribution is -2.44. The number of aliphatic hydroxyl groups is 1. The van der Waals surface area contributed by atoms with Crippen LogP contribution in [-0.2, 0) is 0 Å². The van der Waals surface area contributed by atoms with Crippen molar-refractivity contribution in [1.82, 2.24) is 19.9 Å². The summed E-state index contributed by atoms with van der Waals surface area (Å²) in [5.41, 5.74) is -0.711. The third-order valence-electron chi connectivity index (χ3n) is 4.28. The first-order valence-electron chi connectivity index (χ1n) is 7.66. The van der Waals surface area contributed by atoms with Crippen LogP contribution in [0.25, 0.3) is 0 Å². The molecule has 2 aliphatic rings. The van der Waals surface area contributed by atoms with E-state index in [1.165, 1.54) is 27.1 Å². The van der Waals surface area contributed by atoms with E-state index in [4.69, 9.17) is 9.47 Å². The van der Waals surface area contributed by atoms with E-state index >= 15 is 0 Å². The fraction of sp³-hybridized carbons (Fsp3) is 0.786. The quantitative estimate of drug-likeness (QED) is 0.809. The molecule has 3 rings (SSSR count). The first-order valence-corrected chi connectivity index (χ1v) is 7.66. The number of aromatic nitrogens is 3. The fourth-order valence-corrected chi connectivity index (χ4v) is 3.17. The molecule has 0 amide bonds. The van der Waals surface area contributed by atoms with Gasteiger partial charge in [-0.25, -0.2) is 0 Å². The first-order chi connectivity index (χ1) is 10.6. The van der Waals surface area contributed by atoms with Crippen LogP contribution < -0.4 is 14.4 Å². The van der Waals surface area contributed by atoms with Crippen LogP contribution in [0.15, 0.2) is 0 Å². The Bertz CT molecular complexity index is 501. The lowest BCUT2D eigenvalue weighted by molar-refractivity contribution is 0.0292. The van der Waals surface area contributed by atoms with Gasteiger partial charge >= 0.3 is 12.0 Å². The van der Waals surface area contributed by atoms with Crippen LogP contribution >= 0.6 is 0 Å². The third kappa shape index (κ3) is 3.22. The number of rotatable bonds is 5. The molecular weight excluding hydrogens is 286 g/mol. The molecule has 0 aliphatic carbocycles. The molecule has 1 N–H and O–H groups in total. The Morgan fingerprint density at radius 3 is 2.27 bits per heavy atom. The summed E-state index contributed by atoms with van der Waals surface area (Å²) >= 11 is 0. The molecule has 0 bridgehead atoms. The largest absolute Gasteiger partial charge is 0.467 e. The highest BCUT2D eigenvalue weighted by atomic mass is 16.5. The molecule has 2 saturated heterocycles. The number of likely N-dealkylation sites (tertiary alicyclic amines) is 1. The summed E-state index contributed by atoms with van der Waals surface area (Å²) in [5, 5.41) is 10.8. The molecule has 8 nitrogen and oxygen atoms in total. The van der Waals surface area contributed by atoms with E-state index in [-0.39, 0.29) is 12.0 Å². The zero-order valence-corrected chi connectivity index (χ0v) is 13.2. The minimum Gasteiger partial charge on any atom is -0.467 e. The maximum Gasteiger partial charge on any atom is 0.324 e. The summed E-state index contributed by atoms with van der Waals surface area (Å²) in [6.07, 6.45) is 3.16. The molecule has 22 heavy (non-hydrogen) atoms. The predicted molar refractivity (Wildman–Crippen MR) is 80.4 cm³/mol. The van der Waals surface area contributed by atoms with Crippen molar-refractivity contribution < 1.29 is 14.6 Å². The molecule has 8 heteroatoms. The molecule has 1 aromatic heterocycles. The van der Waals surface area contributed by atoms with E-state index in [0.717, 1.165) is 13.1 Å². The average Bonchev–Trinajstić information content (AvgIpc) is 3.16. The molecule has 0 radical (unpaired) electrons. The smallest absolute Gasteiger partial charge is 0.324 e. The van der Waals surface area contributed by atoms with Gasteiger partial charge in [0.15, 0.2) is 0 Å². The molecule has 1 aromatic rings. The van der Waals surface area contributed by atoms with E-state index in [0.29, 0.717) is 32.0 Å². The van der Waals surface area contributed by atoms with E-state index in [9.17, 15) is 5.11 Å². The monoisotopic (exact) mass is 309 g/mol. The van der Waals surface area contributed by atoms with Crippen molar-refractivity contribution in [3.8, 4) is 12.0 Å². The second kappa shape index (κ2) is 6.21. The lowest BCUT2D eigenvalue weighted by atomic mass is 10.0. The predicted octanol–water partition coefficient (Wildman–Crippen LogP) is -0.0742. The van der Waals surface area contributed by atoms with E-state index in [1.54, 1.807) is 0 Å². The van der Waals surface area contributed by atoms with E-state index in [1.807, 2.05) is 4.90 Å². The van der Waals surface area contributed by atoms with Gasteiger partial charge in [-0.15, -0.1) is 4.98 Å². The van der Waals surface area contributed by atoms with Gasteiger partial charge in [0.1, 0.15) is 0 Å². The molecule has 0 saturated carbocycles. The number of anilines is 1. The Kier molecular flexibility index (Phi) is 4.30. The van der Waals surface area contributed by atoms with Gasteiger partial charge in [-0.05, 0) is 32.4 Å². The Labute approximate surface area is 130 Å². The number of methoxy groups -OCH3 is 2. The maximum atomic E-state index is 10.8. The highest BCUT2D eigenvalue weighted by molar-refractivity contribution is 5.35. The maximum absolute atomic E-state index is 10.8. The van der Waals surface area contributed by atoms with Crippen molar-refractivity contribution in [2.75, 3.05) is 51.8 Å². The Balaban J connectivity index is 1.71. The molecule has 2 aliphatic heterocycles. The zero-order chi connectivity index (χ0) is 15.6. The van der Waals surface area contributed by atoms with Crippen LogP contribution in [0, 0.1) is 0 Å². The topological polar surface area (TPSA) is 83.8 Å². The molecule has 0 aromatic carbocycles. The van der Waals surface area contributed by atoms with Gasteiger partial charge in [0.2, 0.25) is 5.95 Å². The molecule has 0 unspecified atom stereocenters. The molecule has 0 spiro atoms. The van der Waals surface area contributed by atoms with Gasteiger partial charge in [-0.1, -0.05) is 0 Å². The van der Waals surface area contributed by atoms with Gasteiger partial charge in [-0.2, -0.15) is 9.97 Å². The number of ether oxygens (including phenoxy) is 2. The van der Waals surface area contributed by atoms with Crippen molar-refractivity contribution in [3.63, 3.8) is 0 Å². The van der Waals surface area contributed by atoms with Crippen LogP contribution in [-0.4, -0.2) is 77.5 Å². The summed E-state index contributed by atoms with van der Waals surface area (Å²) in [4.78, 5) is 16.8. The van der Waals surface area contributed by atoms with Gasteiger partial charge in [0.05, 0.1) is 26.4 Å². The minimum absolute atomic E-state index is 0.219. The summed E-state index contributed by atoms with van der Waals surface area (Å²) in [6, 6.07) is 0.439. The molecule has 122 valence electrons. The summed E-state index contributed by atoms with van der Waals surface area (Å²) < 4.78 is 10.2. The van der Waals surface area contributed by atoms with Gasteiger partial charge in [0.25, 0.3) is 0 Å². The average molecular weight is 309 g/mol. The summed E-state index contributed by atoms with van der Waals surface area (Å²) in [6.45, 7) is 4.09. The molecule has 2 fully saturated rings. The van der Waals surface area contributed by atoms with Crippen LogP contribution in [0.3, 0.4) is 0 Å². The number of hydrogen-bond acceptors (Lipinski definition) is 8. The lowest BCUT2D eigenvalue weighted by Gasteiger charge is -2.28. The van der Waals surface area contributed by atoms with Crippen LogP contribution in [0.4, 0.5) is 5.95 Å². The third-order valence-corrected chi connectivity index (χ3v) is 4.28. The van der Waals surface area contributed by atoms with Crippen molar-refractivity contribution in [2.24, 2.45) is 0 Å². The van der Waals surface area contributed by atoms with Crippen molar-refractivity contribution in [3.05, 3.63) is 0 Å². The summed E-state index contributed by atoms with van der Waals surface area (Å²) in [5.74, 6) is 0.487. The standard InChI is InChI=1S/C14H23N5O3/c1-21-12-15-11(16-13(17-12)22-2)19-8-5-14(20,10-19)9-18-6-3-4-7-18/h20H,3-10H2,1-2H3/t14-/m1/s1. The van der Waals surface area contributed by atoms with Crippen molar-refractivity contribution >= 4 is 5.95 Å². The van der Waals surface area contributed by atoms with Gasteiger partial charge in [-0.3, -0.25) is 0 Å². The number of nitrogens with zero attached hydrogens (tertiary/aromatic N) is 5. The number of hydrogen-bond donors (Lipinski definition) is 1. The van der Waals surface area contributed by atoms with Crippen molar-refractivity contribution in [1.29, 1.82) is 0 Å². The second-order valence-corrected chi connectivity index (χ2v) is 5.99. The summed E-state index contributed by atoms with van der Waals surface area (Å²) in [7, 11) is 3.01. The molecule has 1 atom stereocenters. The fourth-order valence-electron chi connectivity index (χ4n) is 3.17. The highest BCUT2D eigenvalue weighted by Crippen LogP contribution is 2.28.